The van der Waals surface area contributed by atoms with Crippen LogP contribution in [0.4, 0.5) is 0 Å². The topological polar surface area (TPSA) is 35.2 Å². The van der Waals surface area contributed by atoms with E-state index in [1.165, 1.54) is 12.0 Å². The van der Waals surface area contributed by atoms with Crippen LogP contribution >= 0.6 is 15.9 Å². The van der Waals surface area contributed by atoms with Crippen molar-refractivity contribution in [3.63, 3.8) is 0 Å². The summed E-state index contributed by atoms with van der Waals surface area (Å²) in [6.07, 6.45) is 4.18. The van der Waals surface area contributed by atoms with E-state index in [4.69, 9.17) is 10.5 Å². The second kappa shape index (κ2) is 8.67. The molecule has 2 nitrogen and oxygen atoms in total. The number of halogens is 1. The van der Waals surface area contributed by atoms with Crippen molar-refractivity contribution in [1.29, 1.82) is 0 Å². The van der Waals surface area contributed by atoms with Crippen LogP contribution in [0.5, 0.6) is 0 Å². The number of nitrogens with two attached hydrogens (primary N) is 1. The van der Waals surface area contributed by atoms with Crippen LogP contribution in [0.3, 0.4) is 0 Å². The number of benzene rings is 1. The molecule has 0 saturated heterocycles. The van der Waals surface area contributed by atoms with Crippen LogP contribution in [-0.4, -0.2) is 19.3 Å². The van der Waals surface area contributed by atoms with E-state index in [0.717, 1.165) is 36.9 Å². The predicted octanol–water partition coefficient (Wildman–Crippen LogP) is 3.53. The van der Waals surface area contributed by atoms with Gasteiger partial charge in [0, 0.05) is 23.7 Å². The van der Waals surface area contributed by atoms with Crippen LogP contribution < -0.4 is 5.73 Å². The SMILES string of the molecule is CCCCOCCC(N)Cc1ccc(Br)cc1. The van der Waals surface area contributed by atoms with Gasteiger partial charge in [-0.25, -0.2) is 0 Å². The second-order valence-corrected chi connectivity index (χ2v) is 5.26. The van der Waals surface area contributed by atoms with Crippen molar-refractivity contribution in [3.05, 3.63) is 34.3 Å². The van der Waals surface area contributed by atoms with Gasteiger partial charge in [0.2, 0.25) is 0 Å². The number of ether oxygens (including phenoxy) is 1. The standard InChI is InChI=1S/C14H22BrNO/c1-2-3-9-17-10-8-14(16)11-12-4-6-13(15)7-5-12/h4-7,14H,2-3,8-11,16H2,1H3. The summed E-state index contributed by atoms with van der Waals surface area (Å²) < 4.78 is 6.62. The van der Waals surface area contributed by atoms with E-state index in [1.54, 1.807) is 0 Å². The predicted molar refractivity (Wildman–Crippen MR) is 76.2 cm³/mol. The minimum atomic E-state index is 0.192. The van der Waals surface area contributed by atoms with Gasteiger partial charge < -0.3 is 10.5 Å². The first kappa shape index (κ1) is 14.7. The summed E-state index contributed by atoms with van der Waals surface area (Å²) >= 11 is 3.43. The Labute approximate surface area is 113 Å². The molecule has 0 aliphatic rings. The molecular weight excluding hydrogens is 278 g/mol. The molecule has 0 amide bonds. The largest absolute Gasteiger partial charge is 0.381 e. The van der Waals surface area contributed by atoms with E-state index >= 15 is 0 Å². The lowest BCUT2D eigenvalue weighted by Crippen LogP contribution is -2.24. The molecule has 1 rings (SSSR count). The van der Waals surface area contributed by atoms with Gasteiger partial charge in [-0.2, -0.15) is 0 Å². The molecule has 1 atom stereocenters. The van der Waals surface area contributed by atoms with E-state index in [9.17, 15) is 0 Å². The molecule has 1 unspecified atom stereocenters. The Morgan fingerprint density at radius 1 is 1.24 bits per heavy atom. The maximum atomic E-state index is 6.07. The van der Waals surface area contributed by atoms with Crippen molar-refractivity contribution < 1.29 is 4.74 Å². The first-order chi connectivity index (χ1) is 8.22. The maximum Gasteiger partial charge on any atom is 0.0480 e. The molecule has 17 heavy (non-hydrogen) atoms. The summed E-state index contributed by atoms with van der Waals surface area (Å²) in [5, 5.41) is 0. The molecule has 0 fully saturated rings. The van der Waals surface area contributed by atoms with Gasteiger partial charge in [0.05, 0.1) is 0 Å². The van der Waals surface area contributed by atoms with Crippen molar-refractivity contribution in [2.24, 2.45) is 5.73 Å². The van der Waals surface area contributed by atoms with Crippen molar-refractivity contribution >= 4 is 15.9 Å². The van der Waals surface area contributed by atoms with Crippen LogP contribution in [0.15, 0.2) is 28.7 Å². The fourth-order valence-corrected chi connectivity index (χ4v) is 1.87. The third-order valence-electron chi connectivity index (χ3n) is 2.69. The maximum absolute atomic E-state index is 6.07. The number of hydrogen-bond donors (Lipinski definition) is 1. The second-order valence-electron chi connectivity index (χ2n) is 4.35. The average molecular weight is 300 g/mol. The van der Waals surface area contributed by atoms with Gasteiger partial charge in [-0.1, -0.05) is 41.4 Å². The lowest BCUT2D eigenvalue weighted by atomic mass is 10.0. The first-order valence-electron chi connectivity index (χ1n) is 6.30. The highest BCUT2D eigenvalue weighted by molar-refractivity contribution is 9.10. The van der Waals surface area contributed by atoms with Crippen molar-refractivity contribution in [1.82, 2.24) is 0 Å². The molecule has 0 aliphatic carbocycles. The molecule has 0 heterocycles. The van der Waals surface area contributed by atoms with E-state index in [2.05, 4.69) is 47.1 Å². The van der Waals surface area contributed by atoms with Gasteiger partial charge in [-0.15, -0.1) is 0 Å². The van der Waals surface area contributed by atoms with Gasteiger partial charge in [0.25, 0.3) is 0 Å². The normalized spacial score (nSPS) is 12.6. The Hall–Kier alpha value is -0.380. The van der Waals surface area contributed by atoms with Crippen molar-refractivity contribution in [3.8, 4) is 0 Å². The van der Waals surface area contributed by atoms with Gasteiger partial charge in [-0.05, 0) is 37.0 Å². The molecule has 3 heteroatoms. The monoisotopic (exact) mass is 299 g/mol. The molecule has 96 valence electrons. The summed E-state index contributed by atoms with van der Waals surface area (Å²) in [6.45, 7) is 3.81. The minimum absolute atomic E-state index is 0.192. The molecule has 1 aromatic carbocycles. The quantitative estimate of drug-likeness (QED) is 0.745. The molecule has 0 radical (unpaired) electrons. The highest BCUT2D eigenvalue weighted by atomic mass is 79.9. The van der Waals surface area contributed by atoms with E-state index in [1.807, 2.05) is 0 Å². The van der Waals surface area contributed by atoms with Crippen LogP contribution in [0.1, 0.15) is 31.7 Å². The first-order valence-corrected chi connectivity index (χ1v) is 7.09. The number of hydrogen-bond acceptors (Lipinski definition) is 2. The highest BCUT2D eigenvalue weighted by Crippen LogP contribution is 2.12. The lowest BCUT2D eigenvalue weighted by molar-refractivity contribution is 0.124. The van der Waals surface area contributed by atoms with E-state index in [-0.39, 0.29) is 6.04 Å². The van der Waals surface area contributed by atoms with Crippen molar-refractivity contribution in [2.75, 3.05) is 13.2 Å². The minimum Gasteiger partial charge on any atom is -0.381 e. The summed E-state index contributed by atoms with van der Waals surface area (Å²) in [5.41, 5.74) is 7.35. The molecule has 0 aliphatic heterocycles. The van der Waals surface area contributed by atoms with Gasteiger partial charge in [0.15, 0.2) is 0 Å². The van der Waals surface area contributed by atoms with Gasteiger partial charge in [0.1, 0.15) is 0 Å². The number of rotatable bonds is 8. The molecule has 0 saturated carbocycles. The van der Waals surface area contributed by atoms with Gasteiger partial charge >= 0.3 is 0 Å². The molecular formula is C14H22BrNO. The average Bonchev–Trinajstić information content (AvgIpc) is 2.32. The third kappa shape index (κ3) is 6.81. The summed E-state index contributed by atoms with van der Waals surface area (Å²) in [7, 11) is 0. The zero-order valence-electron chi connectivity index (χ0n) is 10.5. The summed E-state index contributed by atoms with van der Waals surface area (Å²) in [4.78, 5) is 0. The van der Waals surface area contributed by atoms with E-state index in [0.29, 0.717) is 0 Å². The van der Waals surface area contributed by atoms with Crippen LogP contribution in [0, 0.1) is 0 Å². The third-order valence-corrected chi connectivity index (χ3v) is 3.22. The summed E-state index contributed by atoms with van der Waals surface area (Å²) in [5.74, 6) is 0. The van der Waals surface area contributed by atoms with Crippen LogP contribution in [-0.2, 0) is 11.2 Å². The van der Waals surface area contributed by atoms with Crippen molar-refractivity contribution in [2.45, 2.75) is 38.6 Å². The van der Waals surface area contributed by atoms with E-state index < -0.39 is 0 Å². The smallest absolute Gasteiger partial charge is 0.0480 e. The Kier molecular flexibility index (Phi) is 7.49. The Bertz CT molecular complexity index is 300. The lowest BCUT2D eigenvalue weighted by Gasteiger charge is -2.12. The highest BCUT2D eigenvalue weighted by Gasteiger charge is 2.04. The van der Waals surface area contributed by atoms with Gasteiger partial charge in [-0.3, -0.25) is 0 Å². The zero-order valence-corrected chi connectivity index (χ0v) is 12.1. The Morgan fingerprint density at radius 2 is 1.94 bits per heavy atom. The van der Waals surface area contributed by atoms with Crippen LogP contribution in [0.2, 0.25) is 0 Å². The molecule has 1 aromatic rings. The Balaban J connectivity index is 2.16. The fourth-order valence-electron chi connectivity index (χ4n) is 1.61. The molecule has 0 spiro atoms. The Morgan fingerprint density at radius 3 is 2.59 bits per heavy atom. The zero-order chi connectivity index (χ0) is 12.5. The van der Waals surface area contributed by atoms with Crippen LogP contribution in [0.25, 0.3) is 0 Å². The summed E-state index contributed by atoms with van der Waals surface area (Å²) in [6, 6.07) is 8.53. The fraction of sp³-hybridized carbons (Fsp3) is 0.571. The molecule has 0 bridgehead atoms. The molecule has 2 N–H and O–H groups in total. The number of unbranched alkanes of at least 4 members (excludes halogenated alkanes) is 1. The molecule has 0 aromatic heterocycles.